The molecule has 6 nitrogen and oxygen atoms in total. The van der Waals surface area contributed by atoms with Gasteiger partial charge in [0.2, 0.25) is 0 Å². The lowest BCUT2D eigenvalue weighted by Crippen LogP contribution is -2.25. The van der Waals surface area contributed by atoms with Gasteiger partial charge in [-0.05, 0) is 56.4 Å². The van der Waals surface area contributed by atoms with Crippen LogP contribution in [0.4, 0.5) is 5.69 Å². The molecule has 0 spiro atoms. The van der Waals surface area contributed by atoms with Gasteiger partial charge >= 0.3 is 0 Å². The molecule has 0 atom stereocenters. The zero-order valence-corrected chi connectivity index (χ0v) is 16.7. The minimum Gasteiger partial charge on any atom is -0.497 e. The molecule has 2 aromatic heterocycles. The third kappa shape index (κ3) is 3.03. The second-order valence-corrected chi connectivity index (χ2v) is 6.99. The average Bonchev–Trinajstić information content (AvgIpc) is 3.16. The molecule has 146 valence electrons. The number of benzene rings is 2. The van der Waals surface area contributed by atoms with Crippen molar-refractivity contribution in [2.45, 2.75) is 20.3 Å². The Morgan fingerprint density at radius 3 is 2.75 bits per heavy atom. The number of aromatic nitrogens is 2. The Bertz CT molecular complexity index is 1160. The third-order valence-corrected chi connectivity index (χ3v) is 5.51. The number of methoxy groups -OCH3 is 1. The van der Waals surface area contributed by atoms with Gasteiger partial charge in [-0.25, -0.2) is 4.98 Å². The van der Waals surface area contributed by atoms with E-state index in [1.165, 1.54) is 0 Å². The standard InChI is InChI=1S/C22H26N4O2/c1-4-25(5-2)12-6-11-23-17-8-9-18-21-20(17)22(27)16-13-15(28-3)7-10-19(16)26(21)14-24-18/h7-10,13-14,23H,4-6,11-12H2,1-3H3. The minimum absolute atomic E-state index is 0.0127. The van der Waals surface area contributed by atoms with E-state index in [4.69, 9.17) is 4.74 Å². The maximum absolute atomic E-state index is 13.4. The van der Waals surface area contributed by atoms with Crippen LogP contribution >= 0.6 is 0 Å². The Morgan fingerprint density at radius 1 is 1.18 bits per heavy atom. The highest BCUT2D eigenvalue weighted by Gasteiger charge is 2.16. The molecule has 0 aliphatic carbocycles. The van der Waals surface area contributed by atoms with Crippen molar-refractivity contribution in [2.24, 2.45) is 0 Å². The number of nitrogens with one attached hydrogen (secondary N) is 1. The van der Waals surface area contributed by atoms with Gasteiger partial charge in [-0.3, -0.25) is 9.20 Å². The molecule has 2 heterocycles. The predicted octanol–water partition coefficient (Wildman–Crippen LogP) is 3.59. The summed E-state index contributed by atoms with van der Waals surface area (Å²) < 4.78 is 7.33. The fourth-order valence-corrected chi connectivity index (χ4v) is 3.90. The fraction of sp³-hybridized carbons (Fsp3) is 0.364. The zero-order chi connectivity index (χ0) is 19.7. The third-order valence-electron chi connectivity index (χ3n) is 5.51. The molecule has 0 unspecified atom stereocenters. The van der Waals surface area contributed by atoms with E-state index in [1.54, 1.807) is 13.4 Å². The van der Waals surface area contributed by atoms with Crippen molar-refractivity contribution < 1.29 is 4.74 Å². The molecule has 0 fully saturated rings. The van der Waals surface area contributed by atoms with Gasteiger partial charge in [0.05, 0.1) is 34.4 Å². The lowest BCUT2D eigenvalue weighted by atomic mass is 10.1. The van der Waals surface area contributed by atoms with Gasteiger partial charge in [0.15, 0.2) is 5.43 Å². The molecule has 0 saturated heterocycles. The zero-order valence-electron chi connectivity index (χ0n) is 16.7. The van der Waals surface area contributed by atoms with Crippen molar-refractivity contribution in [2.75, 3.05) is 38.6 Å². The Kier molecular flexibility index (Phi) is 5.05. The highest BCUT2D eigenvalue weighted by atomic mass is 16.5. The van der Waals surface area contributed by atoms with E-state index in [0.29, 0.717) is 16.5 Å². The number of anilines is 1. The molecule has 1 N–H and O–H groups in total. The van der Waals surface area contributed by atoms with Gasteiger partial charge in [-0.15, -0.1) is 0 Å². The lowest BCUT2D eigenvalue weighted by Gasteiger charge is -2.18. The Hall–Kier alpha value is -2.86. The maximum atomic E-state index is 13.4. The molecule has 0 radical (unpaired) electrons. The number of imidazole rings is 1. The largest absolute Gasteiger partial charge is 0.497 e. The predicted molar refractivity (Wildman–Crippen MR) is 115 cm³/mol. The second kappa shape index (κ2) is 7.64. The van der Waals surface area contributed by atoms with E-state index in [-0.39, 0.29) is 5.43 Å². The summed E-state index contributed by atoms with van der Waals surface area (Å²) in [7, 11) is 1.61. The number of pyridine rings is 1. The van der Waals surface area contributed by atoms with Crippen LogP contribution in [0.15, 0.2) is 41.5 Å². The minimum atomic E-state index is 0.0127. The SMILES string of the molecule is CCN(CC)CCCNc1ccc2ncn3c4ccc(OC)cc4c(=O)c1c23. The van der Waals surface area contributed by atoms with E-state index >= 15 is 0 Å². The molecule has 0 aliphatic rings. The van der Waals surface area contributed by atoms with E-state index < -0.39 is 0 Å². The topological polar surface area (TPSA) is 58.9 Å². The summed E-state index contributed by atoms with van der Waals surface area (Å²) in [6.45, 7) is 8.35. The van der Waals surface area contributed by atoms with Gasteiger partial charge in [0.1, 0.15) is 12.1 Å². The first-order valence-electron chi connectivity index (χ1n) is 9.87. The van der Waals surface area contributed by atoms with Crippen molar-refractivity contribution in [3.05, 3.63) is 46.9 Å². The molecule has 0 amide bonds. The van der Waals surface area contributed by atoms with Crippen LogP contribution in [0.5, 0.6) is 5.75 Å². The van der Waals surface area contributed by atoms with Crippen molar-refractivity contribution >= 4 is 33.0 Å². The smallest absolute Gasteiger partial charge is 0.199 e. The fourth-order valence-electron chi connectivity index (χ4n) is 3.90. The van der Waals surface area contributed by atoms with Gasteiger partial charge in [-0.2, -0.15) is 0 Å². The summed E-state index contributed by atoms with van der Waals surface area (Å²) in [5, 5.41) is 4.82. The van der Waals surface area contributed by atoms with Crippen molar-refractivity contribution in [1.29, 1.82) is 0 Å². The van der Waals surface area contributed by atoms with Crippen LogP contribution < -0.4 is 15.5 Å². The van der Waals surface area contributed by atoms with E-state index in [0.717, 1.165) is 54.8 Å². The molecule has 0 aliphatic heterocycles. The molecule has 4 rings (SSSR count). The summed E-state index contributed by atoms with van der Waals surface area (Å²) in [6, 6.07) is 9.54. The summed E-state index contributed by atoms with van der Waals surface area (Å²) in [5.74, 6) is 0.677. The van der Waals surface area contributed by atoms with Crippen molar-refractivity contribution in [3.8, 4) is 5.75 Å². The Labute approximate surface area is 164 Å². The van der Waals surface area contributed by atoms with Gasteiger partial charge in [-0.1, -0.05) is 13.8 Å². The molecule has 2 aromatic carbocycles. The van der Waals surface area contributed by atoms with E-state index in [1.807, 2.05) is 34.7 Å². The van der Waals surface area contributed by atoms with Crippen LogP contribution in [0.25, 0.3) is 27.3 Å². The number of hydrogen-bond acceptors (Lipinski definition) is 5. The van der Waals surface area contributed by atoms with Gasteiger partial charge < -0.3 is 15.0 Å². The van der Waals surface area contributed by atoms with Crippen molar-refractivity contribution in [1.82, 2.24) is 14.3 Å². The van der Waals surface area contributed by atoms with Crippen LogP contribution in [0, 0.1) is 0 Å². The second-order valence-electron chi connectivity index (χ2n) is 6.99. The number of rotatable bonds is 8. The molecular weight excluding hydrogens is 352 g/mol. The van der Waals surface area contributed by atoms with E-state index in [9.17, 15) is 4.79 Å². The molecule has 6 heteroatoms. The monoisotopic (exact) mass is 378 g/mol. The first-order chi connectivity index (χ1) is 13.7. The van der Waals surface area contributed by atoms with Crippen LogP contribution in [0.2, 0.25) is 0 Å². The van der Waals surface area contributed by atoms with Crippen LogP contribution in [-0.4, -0.2) is 47.6 Å². The number of fused-ring (bicyclic) bond motifs is 2. The normalized spacial score (nSPS) is 11.9. The summed E-state index contributed by atoms with van der Waals surface area (Å²) in [5.41, 5.74) is 3.43. The number of ether oxygens (including phenoxy) is 1. The lowest BCUT2D eigenvalue weighted by molar-refractivity contribution is 0.303. The van der Waals surface area contributed by atoms with E-state index in [2.05, 4.69) is 29.0 Å². The molecule has 28 heavy (non-hydrogen) atoms. The summed E-state index contributed by atoms with van der Waals surface area (Å²) >= 11 is 0. The maximum Gasteiger partial charge on any atom is 0.199 e. The summed E-state index contributed by atoms with van der Waals surface area (Å²) in [4.78, 5) is 20.3. The number of nitrogens with zero attached hydrogens (tertiary/aromatic N) is 3. The average molecular weight is 378 g/mol. The Morgan fingerprint density at radius 2 is 2.00 bits per heavy atom. The Balaban J connectivity index is 1.77. The van der Waals surface area contributed by atoms with Gasteiger partial charge in [0.25, 0.3) is 0 Å². The molecular formula is C22H26N4O2. The highest BCUT2D eigenvalue weighted by molar-refractivity contribution is 6.07. The molecule has 4 aromatic rings. The van der Waals surface area contributed by atoms with Crippen molar-refractivity contribution in [3.63, 3.8) is 0 Å². The van der Waals surface area contributed by atoms with Gasteiger partial charge in [0, 0.05) is 12.2 Å². The number of hydrogen-bond donors (Lipinski definition) is 1. The molecule has 0 saturated carbocycles. The quantitative estimate of drug-likeness (QED) is 0.375. The summed E-state index contributed by atoms with van der Waals surface area (Å²) in [6.07, 6.45) is 2.81. The van der Waals surface area contributed by atoms with Crippen LogP contribution in [-0.2, 0) is 0 Å². The van der Waals surface area contributed by atoms with Crippen LogP contribution in [0.3, 0.4) is 0 Å². The first kappa shape index (κ1) is 18.5. The van der Waals surface area contributed by atoms with Crippen LogP contribution in [0.1, 0.15) is 20.3 Å². The highest BCUT2D eigenvalue weighted by Crippen LogP contribution is 2.29. The molecule has 0 bridgehead atoms. The first-order valence-corrected chi connectivity index (χ1v) is 9.87.